The SMILES string of the molecule is Cc1ccc(C)c2c(O)c(C3=Nc4ccccc4CC(c4cn(-c5ccccc5)nc4-c4ccc(Cl)cc4)C3)c(=O)oc12. The second-order valence-corrected chi connectivity index (χ2v) is 11.5. The van der Waals surface area contributed by atoms with Gasteiger partial charge in [0.1, 0.15) is 16.9 Å². The highest BCUT2D eigenvalue weighted by atomic mass is 35.5. The van der Waals surface area contributed by atoms with Crippen molar-refractivity contribution in [3.63, 3.8) is 0 Å². The van der Waals surface area contributed by atoms with E-state index in [1.54, 1.807) is 0 Å². The molecule has 1 atom stereocenters. The van der Waals surface area contributed by atoms with Crippen LogP contribution in [0.2, 0.25) is 5.02 Å². The Morgan fingerprint density at radius 2 is 1.60 bits per heavy atom. The van der Waals surface area contributed by atoms with E-state index in [9.17, 15) is 9.90 Å². The molecule has 1 unspecified atom stereocenters. The summed E-state index contributed by atoms with van der Waals surface area (Å²) in [7, 11) is 0. The quantitative estimate of drug-likeness (QED) is 0.210. The van der Waals surface area contributed by atoms with Crippen LogP contribution >= 0.6 is 11.6 Å². The second kappa shape index (κ2) is 10.7. The molecular weight excluding hydrogens is 558 g/mol. The van der Waals surface area contributed by atoms with Gasteiger partial charge in [0.2, 0.25) is 0 Å². The summed E-state index contributed by atoms with van der Waals surface area (Å²) in [4.78, 5) is 18.6. The average Bonchev–Trinajstić information content (AvgIpc) is 3.36. The molecule has 0 saturated heterocycles. The molecule has 7 heteroatoms. The normalized spacial score (nSPS) is 14.8. The molecule has 0 aliphatic carbocycles. The van der Waals surface area contributed by atoms with Crippen molar-refractivity contribution < 1.29 is 9.52 Å². The van der Waals surface area contributed by atoms with E-state index in [0.717, 1.165) is 44.9 Å². The lowest BCUT2D eigenvalue weighted by Gasteiger charge is -2.17. The largest absolute Gasteiger partial charge is 0.506 e. The Labute approximate surface area is 253 Å². The van der Waals surface area contributed by atoms with Crippen LogP contribution < -0.4 is 5.63 Å². The molecule has 212 valence electrons. The Hall–Kier alpha value is -4.94. The Morgan fingerprint density at radius 1 is 0.884 bits per heavy atom. The van der Waals surface area contributed by atoms with E-state index in [0.29, 0.717) is 34.5 Å². The molecule has 43 heavy (non-hydrogen) atoms. The van der Waals surface area contributed by atoms with Crippen molar-refractivity contribution in [2.24, 2.45) is 4.99 Å². The lowest BCUT2D eigenvalue weighted by atomic mass is 9.86. The molecule has 6 nitrogen and oxygen atoms in total. The van der Waals surface area contributed by atoms with Crippen molar-refractivity contribution in [2.45, 2.75) is 32.6 Å². The van der Waals surface area contributed by atoms with Crippen LogP contribution in [0.25, 0.3) is 27.9 Å². The smallest absolute Gasteiger partial charge is 0.349 e. The summed E-state index contributed by atoms with van der Waals surface area (Å²) in [5.41, 5.74) is 7.50. The predicted octanol–water partition coefficient (Wildman–Crippen LogP) is 8.47. The van der Waals surface area contributed by atoms with Gasteiger partial charge in [-0.1, -0.05) is 72.3 Å². The summed E-state index contributed by atoms with van der Waals surface area (Å²) >= 11 is 6.24. The molecule has 0 amide bonds. The Bertz CT molecular complexity index is 2090. The van der Waals surface area contributed by atoms with Gasteiger partial charge in [0.05, 0.1) is 28.2 Å². The van der Waals surface area contributed by atoms with E-state index in [1.807, 2.05) is 103 Å². The van der Waals surface area contributed by atoms with Crippen LogP contribution in [-0.2, 0) is 6.42 Å². The van der Waals surface area contributed by atoms with Gasteiger partial charge in [-0.05, 0) is 79.6 Å². The first-order chi connectivity index (χ1) is 20.9. The van der Waals surface area contributed by atoms with Gasteiger partial charge in [-0.25, -0.2) is 9.48 Å². The van der Waals surface area contributed by atoms with E-state index < -0.39 is 5.63 Å². The minimum Gasteiger partial charge on any atom is -0.506 e. The summed E-state index contributed by atoms with van der Waals surface area (Å²) in [6.07, 6.45) is 3.12. The van der Waals surface area contributed by atoms with Crippen LogP contribution in [0, 0.1) is 13.8 Å². The highest BCUT2D eigenvalue weighted by molar-refractivity contribution is 6.30. The van der Waals surface area contributed by atoms with Crippen molar-refractivity contribution >= 4 is 34.0 Å². The highest BCUT2D eigenvalue weighted by Crippen LogP contribution is 2.41. The summed E-state index contributed by atoms with van der Waals surface area (Å²) in [5.74, 6) is -0.208. The van der Waals surface area contributed by atoms with Gasteiger partial charge in [-0.3, -0.25) is 4.99 Å². The molecule has 0 fully saturated rings. The fraction of sp³-hybridized carbons (Fsp3) is 0.139. The van der Waals surface area contributed by atoms with Crippen LogP contribution in [0.1, 0.15) is 40.2 Å². The number of benzene rings is 4. The van der Waals surface area contributed by atoms with Crippen molar-refractivity contribution in [1.29, 1.82) is 0 Å². The molecule has 1 aliphatic heterocycles. The Balaban J connectivity index is 1.43. The fourth-order valence-corrected chi connectivity index (χ4v) is 6.12. The van der Waals surface area contributed by atoms with Crippen LogP contribution in [0.15, 0.2) is 111 Å². The van der Waals surface area contributed by atoms with Crippen LogP contribution in [0.3, 0.4) is 0 Å². The third-order valence-corrected chi connectivity index (χ3v) is 8.45. The lowest BCUT2D eigenvalue weighted by molar-refractivity contribution is 0.465. The Kier molecular flexibility index (Phi) is 6.71. The van der Waals surface area contributed by atoms with Gasteiger partial charge in [0.15, 0.2) is 0 Å². The van der Waals surface area contributed by atoms with Gasteiger partial charge in [0.25, 0.3) is 0 Å². The van der Waals surface area contributed by atoms with Crippen molar-refractivity contribution in [2.75, 3.05) is 0 Å². The van der Waals surface area contributed by atoms with Crippen LogP contribution in [-0.4, -0.2) is 20.6 Å². The summed E-state index contributed by atoms with van der Waals surface area (Å²) in [6, 6.07) is 29.4. The minimum absolute atomic E-state index is 0.0952. The van der Waals surface area contributed by atoms with Crippen LogP contribution in [0.4, 0.5) is 5.69 Å². The predicted molar refractivity (Wildman–Crippen MR) is 171 cm³/mol. The van der Waals surface area contributed by atoms with Crippen molar-refractivity contribution in [3.05, 3.63) is 140 Å². The molecule has 0 bridgehead atoms. The monoisotopic (exact) mass is 585 g/mol. The number of halogens is 1. The molecule has 0 spiro atoms. The van der Waals surface area contributed by atoms with Gasteiger partial charge >= 0.3 is 5.63 Å². The number of hydrogen-bond donors (Lipinski definition) is 1. The van der Waals surface area contributed by atoms with E-state index in [2.05, 4.69) is 12.3 Å². The topological polar surface area (TPSA) is 80.6 Å². The van der Waals surface area contributed by atoms with E-state index in [1.165, 1.54) is 0 Å². The minimum atomic E-state index is -0.603. The van der Waals surface area contributed by atoms with E-state index >= 15 is 0 Å². The molecule has 0 radical (unpaired) electrons. The summed E-state index contributed by atoms with van der Waals surface area (Å²) in [6.45, 7) is 3.76. The number of aromatic hydroxyl groups is 1. The van der Waals surface area contributed by atoms with Gasteiger partial charge in [0, 0.05) is 22.3 Å². The molecular formula is C36H28ClN3O3. The van der Waals surface area contributed by atoms with E-state index in [-0.39, 0.29) is 17.2 Å². The zero-order valence-electron chi connectivity index (χ0n) is 23.7. The molecule has 0 saturated carbocycles. The molecule has 1 aliphatic rings. The van der Waals surface area contributed by atoms with Gasteiger partial charge in [-0.15, -0.1) is 0 Å². The van der Waals surface area contributed by atoms with Crippen molar-refractivity contribution in [1.82, 2.24) is 9.78 Å². The number of para-hydroxylation sites is 2. The molecule has 6 aromatic rings. The maximum absolute atomic E-state index is 13.6. The van der Waals surface area contributed by atoms with Crippen LogP contribution in [0.5, 0.6) is 5.75 Å². The standard InChI is InChI=1S/C36H28ClN3O3/c1-21-12-13-22(2)35-31(21)34(41)32(36(42)43-35)30-19-25(18-24-8-6-7-11-29(24)38-30)28-20-40(27-9-4-3-5-10-27)39-33(28)23-14-16-26(37)17-15-23/h3-17,20,25,41H,18-19H2,1-2H3. The number of nitrogens with zero attached hydrogens (tertiary/aromatic N) is 3. The third kappa shape index (κ3) is 4.84. The molecule has 4 aromatic carbocycles. The first-order valence-electron chi connectivity index (χ1n) is 14.2. The third-order valence-electron chi connectivity index (χ3n) is 8.20. The maximum Gasteiger partial charge on any atom is 0.349 e. The number of aliphatic imine (C=N–C) groups is 1. The van der Waals surface area contributed by atoms with Crippen molar-refractivity contribution in [3.8, 4) is 22.7 Å². The number of aryl methyl sites for hydroxylation is 2. The van der Waals surface area contributed by atoms with Gasteiger partial charge in [-0.2, -0.15) is 5.10 Å². The molecule has 2 aromatic heterocycles. The molecule has 3 heterocycles. The molecule has 1 N–H and O–H groups in total. The second-order valence-electron chi connectivity index (χ2n) is 11.0. The van der Waals surface area contributed by atoms with Gasteiger partial charge < -0.3 is 9.52 Å². The Morgan fingerprint density at radius 3 is 2.40 bits per heavy atom. The first kappa shape index (κ1) is 26.9. The average molecular weight is 586 g/mol. The maximum atomic E-state index is 13.6. The first-order valence-corrected chi connectivity index (χ1v) is 14.6. The number of fused-ring (bicyclic) bond motifs is 2. The number of hydrogen-bond acceptors (Lipinski definition) is 5. The zero-order chi connectivity index (χ0) is 29.7. The van der Waals surface area contributed by atoms with E-state index in [4.69, 9.17) is 26.1 Å². The number of aromatic nitrogens is 2. The zero-order valence-corrected chi connectivity index (χ0v) is 24.5. The fourth-order valence-electron chi connectivity index (χ4n) is 5.99. The summed E-state index contributed by atoms with van der Waals surface area (Å²) < 4.78 is 7.74. The lowest BCUT2D eigenvalue weighted by Crippen LogP contribution is -2.18. The number of rotatable bonds is 4. The molecule has 7 rings (SSSR count). The summed E-state index contributed by atoms with van der Waals surface area (Å²) in [5, 5.41) is 17.8. The highest BCUT2D eigenvalue weighted by Gasteiger charge is 2.30.